The number of allylic oxidation sites excluding steroid dienone is 4. The van der Waals surface area contributed by atoms with Gasteiger partial charge in [0.15, 0.2) is 17.5 Å². The number of rotatable bonds is 4. The maximum Gasteiger partial charge on any atom is 0.164 e. The van der Waals surface area contributed by atoms with Gasteiger partial charge in [0.1, 0.15) is 0 Å². The van der Waals surface area contributed by atoms with Crippen molar-refractivity contribution < 1.29 is 0 Å². The van der Waals surface area contributed by atoms with E-state index in [0.717, 1.165) is 29.5 Å². The van der Waals surface area contributed by atoms with E-state index >= 15 is 0 Å². The van der Waals surface area contributed by atoms with Gasteiger partial charge < -0.3 is 0 Å². The highest BCUT2D eigenvalue weighted by Crippen LogP contribution is 2.64. The van der Waals surface area contributed by atoms with Crippen LogP contribution < -0.4 is 0 Å². The van der Waals surface area contributed by atoms with Crippen LogP contribution in [0, 0.1) is 0 Å². The maximum absolute atomic E-state index is 5.08. The van der Waals surface area contributed by atoms with Crippen molar-refractivity contribution in [2.24, 2.45) is 0 Å². The topological polar surface area (TPSA) is 38.7 Å². The van der Waals surface area contributed by atoms with Crippen LogP contribution in [0.15, 0.2) is 176 Å². The van der Waals surface area contributed by atoms with Crippen LogP contribution in [0.1, 0.15) is 40.9 Å². The first-order valence-electron chi connectivity index (χ1n) is 19.3. The number of hydrogen-bond acceptors (Lipinski definition) is 4. The minimum absolute atomic E-state index is 0.366. The van der Waals surface area contributed by atoms with Gasteiger partial charge in [0.25, 0.3) is 0 Å². The molecule has 9 aromatic rings. The molecule has 56 heavy (non-hydrogen) atoms. The van der Waals surface area contributed by atoms with Crippen LogP contribution >= 0.6 is 11.3 Å². The summed E-state index contributed by atoms with van der Waals surface area (Å²) in [5.41, 5.74) is 15.9. The zero-order chi connectivity index (χ0) is 36.8. The summed E-state index contributed by atoms with van der Waals surface area (Å²) in [5.74, 6) is 2.09. The van der Waals surface area contributed by atoms with Crippen molar-refractivity contribution in [2.75, 3.05) is 0 Å². The third-order valence-corrected chi connectivity index (χ3v) is 13.1. The Labute approximate surface area is 329 Å². The van der Waals surface area contributed by atoms with Gasteiger partial charge in [-0.15, -0.1) is 11.3 Å². The summed E-state index contributed by atoms with van der Waals surface area (Å²) in [7, 11) is 0. The van der Waals surface area contributed by atoms with Gasteiger partial charge in [0.2, 0.25) is 0 Å². The lowest BCUT2D eigenvalue weighted by Gasteiger charge is -2.30. The number of nitrogens with zero attached hydrogens (tertiary/aromatic N) is 3. The summed E-state index contributed by atoms with van der Waals surface area (Å²) in [6.07, 6.45) is 8.60. The Morgan fingerprint density at radius 2 is 0.982 bits per heavy atom. The first-order chi connectivity index (χ1) is 27.8. The minimum Gasteiger partial charge on any atom is -0.208 e. The van der Waals surface area contributed by atoms with Gasteiger partial charge in [0.05, 0.1) is 5.41 Å². The molecule has 0 aliphatic heterocycles. The van der Waals surface area contributed by atoms with E-state index < -0.39 is 0 Å². The highest BCUT2D eigenvalue weighted by atomic mass is 32.1. The number of fused-ring (bicyclic) bond motifs is 13. The summed E-state index contributed by atoms with van der Waals surface area (Å²) in [6, 6.07) is 58.0. The first kappa shape index (κ1) is 31.6. The van der Waals surface area contributed by atoms with Gasteiger partial charge in [-0.05, 0) is 98.8 Å². The quantitative estimate of drug-likeness (QED) is 0.181. The summed E-state index contributed by atoms with van der Waals surface area (Å²) in [4.78, 5) is 15.1. The fourth-order valence-corrected chi connectivity index (χ4v) is 10.7. The molecule has 0 saturated carbocycles. The monoisotopic (exact) mass is 731 g/mol. The normalized spacial score (nSPS) is 14.5. The van der Waals surface area contributed by atoms with E-state index in [4.69, 9.17) is 15.0 Å². The third kappa shape index (κ3) is 4.48. The average Bonchev–Trinajstić information content (AvgIpc) is 3.90. The van der Waals surface area contributed by atoms with E-state index in [-0.39, 0.29) is 5.41 Å². The molecule has 0 amide bonds. The first-order valence-corrected chi connectivity index (χ1v) is 20.2. The molecule has 0 atom stereocenters. The van der Waals surface area contributed by atoms with E-state index in [1.54, 1.807) is 0 Å². The molecular weight excluding hydrogens is 699 g/mol. The van der Waals surface area contributed by atoms with Crippen LogP contribution in [0.4, 0.5) is 0 Å². The molecule has 3 nitrogen and oxygen atoms in total. The molecule has 3 aliphatic rings. The van der Waals surface area contributed by atoms with E-state index in [1.807, 2.05) is 29.5 Å². The fourth-order valence-electron chi connectivity index (χ4n) is 9.60. The lowest BCUT2D eigenvalue weighted by molar-refractivity contribution is 0.794. The van der Waals surface area contributed by atoms with E-state index in [1.165, 1.54) is 75.8 Å². The van der Waals surface area contributed by atoms with Crippen LogP contribution in [-0.4, -0.2) is 15.0 Å². The molecule has 0 bridgehead atoms. The summed E-state index contributed by atoms with van der Waals surface area (Å²) in [6.45, 7) is 0. The van der Waals surface area contributed by atoms with Crippen molar-refractivity contribution in [3.63, 3.8) is 0 Å². The number of benzene rings is 7. The molecule has 2 aromatic heterocycles. The molecule has 0 radical (unpaired) electrons. The Bertz CT molecular complexity index is 3100. The summed E-state index contributed by atoms with van der Waals surface area (Å²) >= 11 is 1.84. The SMILES string of the molecule is C1=CC(c2nc(-c3ccccc3)nc(-c3ccc4sc5ccc(-c6cccc7c6-c6ccccc6C76c7ccccc7-c7ccccc76)cc5c4c3)n2)=CCC1. The van der Waals surface area contributed by atoms with Crippen LogP contribution in [0.25, 0.3) is 81.9 Å². The molecule has 12 rings (SSSR count). The highest BCUT2D eigenvalue weighted by molar-refractivity contribution is 7.25. The second kappa shape index (κ2) is 12.1. The van der Waals surface area contributed by atoms with Crippen molar-refractivity contribution in [3.8, 4) is 56.2 Å². The minimum atomic E-state index is -0.366. The number of thiophene rings is 1. The molecule has 262 valence electrons. The van der Waals surface area contributed by atoms with Gasteiger partial charge in [0, 0.05) is 36.9 Å². The lowest BCUT2D eigenvalue weighted by Crippen LogP contribution is -2.25. The molecule has 0 N–H and O–H groups in total. The zero-order valence-electron chi connectivity index (χ0n) is 30.4. The third-order valence-electron chi connectivity index (χ3n) is 12.0. The maximum atomic E-state index is 5.08. The van der Waals surface area contributed by atoms with Crippen molar-refractivity contribution in [1.82, 2.24) is 15.0 Å². The lowest BCUT2D eigenvalue weighted by atomic mass is 9.70. The smallest absolute Gasteiger partial charge is 0.164 e. The van der Waals surface area contributed by atoms with E-state index in [9.17, 15) is 0 Å². The van der Waals surface area contributed by atoms with Crippen molar-refractivity contribution >= 4 is 37.1 Å². The molecule has 3 aliphatic carbocycles. The van der Waals surface area contributed by atoms with E-state index in [0.29, 0.717) is 17.5 Å². The average molecular weight is 732 g/mol. The molecular formula is C52H33N3S. The van der Waals surface area contributed by atoms with Crippen molar-refractivity contribution in [2.45, 2.75) is 18.3 Å². The summed E-state index contributed by atoms with van der Waals surface area (Å²) < 4.78 is 2.51. The van der Waals surface area contributed by atoms with Crippen LogP contribution in [0.5, 0.6) is 0 Å². The van der Waals surface area contributed by atoms with Gasteiger partial charge in [-0.3, -0.25) is 0 Å². The standard InChI is InChI=1S/C52H33N3S/c1-3-14-32(15-4-1)49-53-50(33-16-5-2-6-17-33)55-51(54-49)35-27-29-47-41(31-35)40-30-34(26-28-46(40)56-47)36-21-13-25-45-48(36)39-20-9-12-24-44(39)52(45)42-22-10-7-18-37(42)38-19-8-11-23-43(38)52/h1,3-5,7-31H,2,6H2. The van der Waals surface area contributed by atoms with Crippen molar-refractivity contribution in [1.29, 1.82) is 0 Å². The van der Waals surface area contributed by atoms with Gasteiger partial charge in [-0.2, -0.15) is 0 Å². The van der Waals surface area contributed by atoms with Crippen molar-refractivity contribution in [3.05, 3.63) is 204 Å². The van der Waals surface area contributed by atoms with Gasteiger partial charge in [-0.25, -0.2) is 15.0 Å². The zero-order valence-corrected chi connectivity index (χ0v) is 31.2. The van der Waals surface area contributed by atoms with Gasteiger partial charge in [-0.1, -0.05) is 146 Å². The summed E-state index contributed by atoms with van der Waals surface area (Å²) in [5, 5.41) is 2.46. The molecule has 2 heterocycles. The Morgan fingerprint density at radius 1 is 0.429 bits per heavy atom. The van der Waals surface area contributed by atoms with Crippen LogP contribution in [0.2, 0.25) is 0 Å². The molecule has 7 aromatic carbocycles. The van der Waals surface area contributed by atoms with E-state index in [2.05, 4.69) is 158 Å². The molecule has 4 heteroatoms. The second-order valence-corrected chi connectivity index (χ2v) is 16.0. The Hall–Kier alpha value is -6.75. The molecule has 0 saturated heterocycles. The predicted molar refractivity (Wildman–Crippen MR) is 232 cm³/mol. The van der Waals surface area contributed by atoms with Crippen LogP contribution in [0.3, 0.4) is 0 Å². The second-order valence-electron chi connectivity index (χ2n) is 15.0. The molecule has 0 unspecified atom stereocenters. The molecule has 0 fully saturated rings. The Morgan fingerprint density at radius 3 is 1.68 bits per heavy atom. The predicted octanol–water partition coefficient (Wildman–Crippen LogP) is 13.3. The Balaban J connectivity index is 1.04. The number of hydrogen-bond donors (Lipinski definition) is 0. The molecule has 1 spiro atoms. The largest absolute Gasteiger partial charge is 0.208 e. The number of aromatic nitrogens is 3. The Kier molecular flexibility index (Phi) is 6.84. The van der Waals surface area contributed by atoms with Crippen LogP contribution in [-0.2, 0) is 5.41 Å². The fraction of sp³-hybridized carbons (Fsp3) is 0.0577. The van der Waals surface area contributed by atoms with Gasteiger partial charge >= 0.3 is 0 Å². The highest BCUT2D eigenvalue weighted by Gasteiger charge is 2.51.